The number of ether oxygens (including phenoxy) is 2. The van der Waals surface area contributed by atoms with Gasteiger partial charge in [-0.2, -0.15) is 0 Å². The Labute approximate surface area is 504 Å². The highest BCUT2D eigenvalue weighted by Crippen LogP contribution is 2.39. The molecular formula is C60H69FN13O10S2+. The Kier molecular flexibility index (Phi) is 21.5. The number of nitrogens with one attached hydrogen (secondary N) is 5. The molecule has 0 bridgehead atoms. The summed E-state index contributed by atoms with van der Waals surface area (Å²) in [4.78, 5) is 100. The minimum absolute atomic E-state index is 0.0241. The number of carbonyl (C=O) groups excluding carboxylic acids is 6. The maximum Gasteiger partial charge on any atom is 0.355 e. The lowest BCUT2D eigenvalue weighted by molar-refractivity contribution is -0.896. The molecule has 86 heavy (non-hydrogen) atoms. The summed E-state index contributed by atoms with van der Waals surface area (Å²) in [6.45, 7) is 7.38. The minimum atomic E-state index is -1.14. The van der Waals surface area contributed by atoms with Crippen molar-refractivity contribution >= 4 is 102 Å². The third kappa shape index (κ3) is 17.1. The van der Waals surface area contributed by atoms with Crippen LogP contribution in [0.5, 0.6) is 5.75 Å². The largest absolute Gasteiger partial charge is 0.491 e. The first-order chi connectivity index (χ1) is 41.2. The number of aryl methyl sites for hydroxylation is 1. The van der Waals surface area contributed by atoms with Gasteiger partial charge in [-0.1, -0.05) is 55.4 Å². The second-order valence-corrected chi connectivity index (χ2v) is 23.7. The Morgan fingerprint density at radius 1 is 0.919 bits per heavy atom. The molecule has 8 N–H and O–H groups in total. The van der Waals surface area contributed by atoms with Crippen LogP contribution in [0.1, 0.15) is 83.6 Å². The third-order valence-electron chi connectivity index (χ3n) is 14.0. The molecule has 2 aliphatic rings. The number of imide groups is 1. The first kappa shape index (κ1) is 63.1. The molecule has 5 heterocycles. The Balaban J connectivity index is 0.790. The number of primary amides is 1. The summed E-state index contributed by atoms with van der Waals surface area (Å²) in [5, 5.41) is 34.6. The topological polar surface area (TPSA) is 302 Å². The number of benzene rings is 3. The number of nitrogens with two attached hydrogens (primary N) is 1. The number of urea groups is 1. The molecule has 6 aromatic rings. The van der Waals surface area contributed by atoms with Crippen LogP contribution in [0.3, 0.4) is 0 Å². The molecule has 0 saturated carbocycles. The first-order valence-corrected chi connectivity index (χ1v) is 29.7. The number of amides is 7. The SMILES string of the molecule is Cc1c(Nc2nc3ccccc3s2)nnc2c1CCCN2c1nc(C(=O)O)c(CCCOc2ccc(C#CC[N+](C)(C)Cc3ccc(NC(=O)[C@H](CCCNC(N)=O)NC(=O)[C@@H](NC(=O)CCOCCN4C(=O)C=CC4=O)C(C)C)cc3)cc2F)s1. The van der Waals surface area contributed by atoms with Crippen LogP contribution in [0.25, 0.3) is 10.2 Å². The summed E-state index contributed by atoms with van der Waals surface area (Å²) in [5.41, 5.74) is 9.89. The maximum atomic E-state index is 15.4. The van der Waals surface area contributed by atoms with Crippen molar-refractivity contribution in [3.05, 3.63) is 118 Å². The number of carboxylic acid groups (broad SMARTS) is 1. The van der Waals surface area contributed by atoms with Gasteiger partial charge in [0.15, 0.2) is 39.2 Å². The molecule has 7 amide bonds. The zero-order valence-electron chi connectivity index (χ0n) is 48.4. The van der Waals surface area contributed by atoms with Gasteiger partial charge in [-0.05, 0) is 99.8 Å². The molecule has 3 aromatic heterocycles. The number of anilines is 5. The number of rotatable bonds is 28. The van der Waals surface area contributed by atoms with Gasteiger partial charge in [-0.15, -0.1) is 21.5 Å². The molecule has 8 rings (SSSR count). The van der Waals surface area contributed by atoms with Crippen molar-refractivity contribution in [2.24, 2.45) is 11.7 Å². The molecule has 23 nitrogen and oxygen atoms in total. The molecule has 2 atom stereocenters. The highest BCUT2D eigenvalue weighted by atomic mass is 32.1. The number of carboxylic acids is 1. The fraction of sp³-hybridized carbons (Fsp3) is 0.383. The number of nitrogens with zero attached hydrogens (tertiary/aromatic N) is 7. The molecule has 0 unspecified atom stereocenters. The highest BCUT2D eigenvalue weighted by Gasteiger charge is 2.31. The molecular weight excluding hydrogens is 1150 g/mol. The molecule has 3 aromatic carbocycles. The quantitative estimate of drug-likeness (QED) is 0.0119. The third-order valence-corrected chi connectivity index (χ3v) is 16.1. The zero-order chi connectivity index (χ0) is 61.5. The summed E-state index contributed by atoms with van der Waals surface area (Å²) < 4.78 is 28.1. The summed E-state index contributed by atoms with van der Waals surface area (Å²) in [6.07, 6.45) is 5.01. The smallest absolute Gasteiger partial charge is 0.355 e. The van der Waals surface area contributed by atoms with Crippen molar-refractivity contribution in [1.82, 2.24) is 41.0 Å². The van der Waals surface area contributed by atoms with Crippen LogP contribution in [-0.4, -0.2) is 148 Å². The molecule has 2 aliphatic heterocycles. The molecule has 26 heteroatoms. The van der Waals surface area contributed by atoms with Crippen LogP contribution in [-0.2, 0) is 48.1 Å². The van der Waals surface area contributed by atoms with E-state index in [0.29, 0.717) is 81.4 Å². The normalized spacial score (nSPS) is 13.7. The van der Waals surface area contributed by atoms with E-state index in [9.17, 15) is 38.7 Å². The second-order valence-electron chi connectivity index (χ2n) is 21.6. The Morgan fingerprint density at radius 2 is 1.69 bits per heavy atom. The van der Waals surface area contributed by atoms with Gasteiger partial charge in [0.05, 0.1) is 50.7 Å². The van der Waals surface area contributed by atoms with E-state index in [0.717, 1.165) is 44.6 Å². The van der Waals surface area contributed by atoms with Crippen molar-refractivity contribution in [2.45, 2.75) is 84.3 Å². The highest BCUT2D eigenvalue weighted by molar-refractivity contribution is 7.22. The molecule has 0 radical (unpaired) electrons. The van der Waals surface area contributed by atoms with Crippen LogP contribution < -0.4 is 42.0 Å². The van der Waals surface area contributed by atoms with Crippen molar-refractivity contribution in [3.8, 4) is 17.6 Å². The van der Waals surface area contributed by atoms with Gasteiger partial charge < -0.3 is 56.3 Å². The first-order valence-electron chi connectivity index (χ1n) is 28.1. The van der Waals surface area contributed by atoms with Gasteiger partial charge in [-0.3, -0.25) is 28.9 Å². The summed E-state index contributed by atoms with van der Waals surface area (Å²) >= 11 is 2.82. The molecule has 0 spiro atoms. The van der Waals surface area contributed by atoms with Gasteiger partial charge in [0, 0.05) is 64.5 Å². The van der Waals surface area contributed by atoms with Gasteiger partial charge in [-0.25, -0.2) is 23.9 Å². The lowest BCUT2D eigenvalue weighted by Gasteiger charge is -2.28. The Hall–Kier alpha value is -8.90. The number of carbonyl (C=O) groups is 7. The average Bonchev–Trinajstić information content (AvgIpc) is 1.64. The van der Waals surface area contributed by atoms with E-state index in [4.69, 9.17) is 15.2 Å². The van der Waals surface area contributed by atoms with E-state index in [-0.39, 0.29) is 63.1 Å². The summed E-state index contributed by atoms with van der Waals surface area (Å²) in [6, 6.07) is 16.8. The molecule has 0 aliphatic carbocycles. The van der Waals surface area contributed by atoms with Crippen LogP contribution in [0.2, 0.25) is 0 Å². The standard InChI is InChI=1S/C60H68FN13O10S2/c1-36(2)51(67-48(75)26-32-83-33-29-72-49(76)24-25-50(72)77)56(79)65-44(15-8-27-63-58(62)82)55(78)64-40-21-18-39(19-22-40)35-74(4,5)30-10-12-38-20-23-45(42(61)34-38)84-31-11-17-47-52(57(80)81)68-60(86-47)73-28-9-13-41-37(3)53(70-71-54(41)73)69-59-66-43-14-6-7-16-46(43)85-59/h6-7,14,16,18-25,34,36,44,51H,8-9,11,13,15,17,26-33,35H2,1-5H3,(H7-,62,63,64,65,66,67,69,70,75,78,79,80,81,82)/p+1/t44-,51-/m0/s1. The van der Waals surface area contributed by atoms with Crippen molar-refractivity contribution in [3.63, 3.8) is 0 Å². The summed E-state index contributed by atoms with van der Waals surface area (Å²) in [5.74, 6) is 2.96. The van der Waals surface area contributed by atoms with Crippen molar-refractivity contribution < 1.29 is 57.0 Å². The minimum Gasteiger partial charge on any atom is -0.491 e. The van der Waals surface area contributed by atoms with E-state index in [1.165, 1.54) is 47.0 Å². The number of aromatic carboxylic acids is 1. The predicted octanol–water partition coefficient (Wildman–Crippen LogP) is 6.50. The number of quaternary nitrogens is 1. The van der Waals surface area contributed by atoms with E-state index in [1.54, 1.807) is 32.0 Å². The van der Waals surface area contributed by atoms with Gasteiger partial charge in [0.25, 0.3) is 11.8 Å². The van der Waals surface area contributed by atoms with E-state index in [2.05, 4.69) is 58.6 Å². The molecule has 0 fully saturated rings. The lowest BCUT2D eigenvalue weighted by atomic mass is 10.0. The lowest BCUT2D eigenvalue weighted by Crippen LogP contribution is -2.54. The van der Waals surface area contributed by atoms with Gasteiger partial charge >= 0.3 is 12.0 Å². The van der Waals surface area contributed by atoms with E-state index < -0.39 is 59.4 Å². The van der Waals surface area contributed by atoms with Gasteiger partial charge in [0.2, 0.25) is 17.7 Å². The van der Waals surface area contributed by atoms with E-state index in [1.807, 2.05) is 62.3 Å². The number of hydrogen-bond acceptors (Lipinski definition) is 17. The number of thiazole rings is 2. The Morgan fingerprint density at radius 3 is 2.41 bits per heavy atom. The monoisotopic (exact) mass is 1210 g/mol. The van der Waals surface area contributed by atoms with Crippen LogP contribution in [0.15, 0.2) is 78.9 Å². The molecule has 452 valence electrons. The fourth-order valence-corrected chi connectivity index (χ4v) is 11.5. The maximum absolute atomic E-state index is 15.4. The number of aromatic nitrogens is 4. The fourth-order valence-electron chi connectivity index (χ4n) is 9.54. The van der Waals surface area contributed by atoms with Crippen molar-refractivity contribution in [1.29, 1.82) is 0 Å². The van der Waals surface area contributed by atoms with Crippen LogP contribution in [0, 0.1) is 30.5 Å². The Bertz CT molecular complexity index is 3530. The summed E-state index contributed by atoms with van der Waals surface area (Å²) in [7, 11) is 4.00. The number of fused-ring (bicyclic) bond motifs is 2. The zero-order valence-corrected chi connectivity index (χ0v) is 50.0. The van der Waals surface area contributed by atoms with E-state index >= 15 is 4.39 Å². The van der Waals surface area contributed by atoms with Crippen LogP contribution >= 0.6 is 22.7 Å². The number of para-hydroxylation sites is 1. The number of hydrogen-bond donors (Lipinski definition) is 7. The number of halogens is 1. The predicted molar refractivity (Wildman–Crippen MR) is 324 cm³/mol. The van der Waals surface area contributed by atoms with Crippen molar-refractivity contribution in [2.75, 3.05) is 75.6 Å². The second kappa shape index (κ2) is 29.3. The molecule has 0 saturated heterocycles. The van der Waals surface area contributed by atoms with Crippen LogP contribution in [0.4, 0.5) is 36.8 Å². The van der Waals surface area contributed by atoms with Gasteiger partial charge in [0.1, 0.15) is 25.2 Å². The average molecular weight is 1220 g/mol.